The lowest BCUT2D eigenvalue weighted by Gasteiger charge is -2.30. The summed E-state index contributed by atoms with van der Waals surface area (Å²) in [6, 6.07) is 0. The van der Waals surface area contributed by atoms with E-state index in [-0.39, 0.29) is 19.8 Å². The molecule has 0 heterocycles. The Morgan fingerprint density at radius 1 is 1.27 bits per heavy atom. The predicted molar refractivity (Wildman–Crippen MR) is 57.7 cm³/mol. The van der Waals surface area contributed by atoms with Crippen LogP contribution in [0.15, 0.2) is 0 Å². The molecule has 0 aliphatic rings. The van der Waals surface area contributed by atoms with Crippen LogP contribution >= 0.6 is 0 Å². The van der Waals surface area contributed by atoms with Crippen molar-refractivity contribution >= 4 is 0 Å². The first-order chi connectivity index (χ1) is 7.14. The van der Waals surface area contributed by atoms with Gasteiger partial charge in [0.05, 0.1) is 31.5 Å². The largest absolute Gasteiger partial charge is 0.394 e. The maximum atomic E-state index is 9.48. The Bertz CT molecular complexity index is 142. The average molecular weight is 221 g/mol. The average Bonchev–Trinajstić information content (AvgIpc) is 2.29. The molecule has 5 heteroatoms. The van der Waals surface area contributed by atoms with Gasteiger partial charge in [-0.05, 0) is 13.3 Å². The van der Waals surface area contributed by atoms with Crippen molar-refractivity contribution in [2.45, 2.75) is 31.9 Å². The summed E-state index contributed by atoms with van der Waals surface area (Å²) < 4.78 is 5.05. The minimum atomic E-state index is -0.701. The molecule has 0 aromatic heterocycles. The second-order valence-corrected chi connectivity index (χ2v) is 3.64. The minimum Gasteiger partial charge on any atom is -0.394 e. The number of aliphatic hydroxyl groups is 3. The number of β-amino-alcohol motifs (C(OH)–C–C–N with tert-alkyl or cyclic N) is 1. The highest BCUT2D eigenvalue weighted by atomic mass is 16.5. The van der Waals surface area contributed by atoms with Crippen molar-refractivity contribution in [3.63, 3.8) is 0 Å². The van der Waals surface area contributed by atoms with Crippen molar-refractivity contribution in [3.8, 4) is 0 Å². The van der Waals surface area contributed by atoms with Crippen LogP contribution < -0.4 is 5.32 Å². The van der Waals surface area contributed by atoms with E-state index in [0.717, 1.165) is 0 Å². The van der Waals surface area contributed by atoms with Gasteiger partial charge in [0.1, 0.15) is 0 Å². The summed E-state index contributed by atoms with van der Waals surface area (Å²) in [4.78, 5) is 0. The monoisotopic (exact) mass is 221 g/mol. The molecule has 1 unspecified atom stereocenters. The molecule has 0 aliphatic carbocycles. The Balaban J connectivity index is 3.88. The lowest BCUT2D eigenvalue weighted by molar-refractivity contribution is 0.0255. The van der Waals surface area contributed by atoms with E-state index in [2.05, 4.69) is 5.32 Å². The Morgan fingerprint density at radius 2 is 1.87 bits per heavy atom. The third-order valence-corrected chi connectivity index (χ3v) is 2.51. The molecule has 0 saturated carbocycles. The Kier molecular flexibility index (Phi) is 7.90. The zero-order valence-corrected chi connectivity index (χ0v) is 9.57. The maximum Gasteiger partial charge on any atom is 0.0897 e. The number of ether oxygens (including phenoxy) is 1. The molecule has 0 saturated heterocycles. The van der Waals surface area contributed by atoms with Gasteiger partial charge in [-0.3, -0.25) is 0 Å². The normalized spacial score (nSPS) is 14.2. The van der Waals surface area contributed by atoms with E-state index in [4.69, 9.17) is 14.9 Å². The first-order valence-corrected chi connectivity index (χ1v) is 5.36. The molecule has 0 bridgehead atoms. The van der Waals surface area contributed by atoms with Crippen molar-refractivity contribution in [1.82, 2.24) is 5.32 Å². The molecular formula is C10H23NO4. The molecule has 0 rings (SSSR count). The smallest absolute Gasteiger partial charge is 0.0897 e. The third-order valence-electron chi connectivity index (χ3n) is 2.51. The van der Waals surface area contributed by atoms with Crippen LogP contribution in [-0.2, 0) is 4.74 Å². The standard InChI is InChI=1S/C10H23NO4/c1-3-10(7-12,8-13)11-5-9(14)6-15-4-2/h9,11-14H,3-8H2,1-2H3. The molecule has 15 heavy (non-hydrogen) atoms. The van der Waals surface area contributed by atoms with Gasteiger partial charge in [-0.25, -0.2) is 0 Å². The second kappa shape index (κ2) is 8.01. The van der Waals surface area contributed by atoms with Crippen LogP contribution in [0.1, 0.15) is 20.3 Å². The molecule has 5 nitrogen and oxygen atoms in total. The summed E-state index contributed by atoms with van der Waals surface area (Å²) >= 11 is 0. The predicted octanol–water partition coefficient (Wildman–Crippen LogP) is -0.893. The number of hydrogen-bond donors (Lipinski definition) is 4. The molecule has 92 valence electrons. The fourth-order valence-corrected chi connectivity index (χ4v) is 1.16. The van der Waals surface area contributed by atoms with Gasteiger partial charge in [-0.2, -0.15) is 0 Å². The Labute approximate surface area is 91.1 Å². The van der Waals surface area contributed by atoms with Crippen molar-refractivity contribution in [2.75, 3.05) is 33.0 Å². The highest BCUT2D eigenvalue weighted by Crippen LogP contribution is 2.07. The van der Waals surface area contributed by atoms with E-state index in [1.165, 1.54) is 0 Å². The van der Waals surface area contributed by atoms with E-state index < -0.39 is 11.6 Å². The first-order valence-electron chi connectivity index (χ1n) is 5.36. The zero-order valence-electron chi connectivity index (χ0n) is 9.57. The van der Waals surface area contributed by atoms with E-state index in [0.29, 0.717) is 19.6 Å². The Hall–Kier alpha value is -0.200. The number of nitrogens with one attached hydrogen (secondary N) is 1. The molecular weight excluding hydrogens is 198 g/mol. The summed E-state index contributed by atoms with van der Waals surface area (Å²) in [5.74, 6) is 0. The van der Waals surface area contributed by atoms with E-state index >= 15 is 0 Å². The maximum absolute atomic E-state index is 9.48. The van der Waals surface area contributed by atoms with Crippen LogP contribution in [0.4, 0.5) is 0 Å². The van der Waals surface area contributed by atoms with Gasteiger partial charge in [0.25, 0.3) is 0 Å². The topological polar surface area (TPSA) is 82.0 Å². The van der Waals surface area contributed by atoms with Gasteiger partial charge in [-0.15, -0.1) is 0 Å². The molecule has 0 fully saturated rings. The van der Waals surface area contributed by atoms with E-state index in [1.807, 2.05) is 13.8 Å². The van der Waals surface area contributed by atoms with Gasteiger partial charge >= 0.3 is 0 Å². The van der Waals surface area contributed by atoms with Gasteiger partial charge in [0.2, 0.25) is 0 Å². The van der Waals surface area contributed by atoms with Crippen molar-refractivity contribution in [1.29, 1.82) is 0 Å². The quantitative estimate of drug-likeness (QED) is 0.406. The van der Waals surface area contributed by atoms with Crippen LogP contribution in [0.2, 0.25) is 0 Å². The molecule has 4 N–H and O–H groups in total. The van der Waals surface area contributed by atoms with E-state index in [9.17, 15) is 5.11 Å². The lowest BCUT2D eigenvalue weighted by atomic mass is 9.98. The molecule has 0 radical (unpaired) electrons. The molecule has 0 spiro atoms. The lowest BCUT2D eigenvalue weighted by Crippen LogP contribution is -2.53. The highest BCUT2D eigenvalue weighted by molar-refractivity contribution is 4.86. The van der Waals surface area contributed by atoms with Crippen LogP contribution in [0.3, 0.4) is 0 Å². The van der Waals surface area contributed by atoms with Crippen LogP contribution in [0.5, 0.6) is 0 Å². The number of rotatable bonds is 9. The summed E-state index contributed by atoms with van der Waals surface area (Å²) in [6.45, 7) is 4.56. The fourth-order valence-electron chi connectivity index (χ4n) is 1.16. The third kappa shape index (κ3) is 5.44. The van der Waals surface area contributed by atoms with Crippen molar-refractivity contribution in [2.24, 2.45) is 0 Å². The van der Waals surface area contributed by atoms with Gasteiger partial charge in [0, 0.05) is 13.2 Å². The van der Waals surface area contributed by atoms with E-state index in [1.54, 1.807) is 0 Å². The summed E-state index contributed by atoms with van der Waals surface area (Å²) in [5.41, 5.74) is -0.701. The van der Waals surface area contributed by atoms with Gasteiger partial charge < -0.3 is 25.4 Å². The first kappa shape index (κ1) is 14.8. The molecule has 0 amide bonds. The number of aliphatic hydroxyl groups excluding tert-OH is 3. The summed E-state index contributed by atoms with van der Waals surface area (Å²) in [7, 11) is 0. The number of hydrogen-bond acceptors (Lipinski definition) is 5. The van der Waals surface area contributed by atoms with Gasteiger partial charge in [0.15, 0.2) is 0 Å². The molecule has 0 aromatic carbocycles. The van der Waals surface area contributed by atoms with Crippen molar-refractivity contribution < 1.29 is 20.1 Å². The fraction of sp³-hybridized carbons (Fsp3) is 1.00. The molecule has 1 atom stereocenters. The van der Waals surface area contributed by atoms with Crippen LogP contribution in [-0.4, -0.2) is 59.9 Å². The molecule has 0 aliphatic heterocycles. The van der Waals surface area contributed by atoms with Crippen LogP contribution in [0, 0.1) is 0 Å². The minimum absolute atomic E-state index is 0.151. The van der Waals surface area contributed by atoms with Crippen LogP contribution in [0.25, 0.3) is 0 Å². The van der Waals surface area contributed by atoms with Crippen molar-refractivity contribution in [3.05, 3.63) is 0 Å². The summed E-state index contributed by atoms with van der Waals surface area (Å²) in [6.07, 6.45) is -0.0181. The zero-order chi connectivity index (χ0) is 11.7. The second-order valence-electron chi connectivity index (χ2n) is 3.64. The van der Waals surface area contributed by atoms with Gasteiger partial charge in [-0.1, -0.05) is 6.92 Å². The highest BCUT2D eigenvalue weighted by Gasteiger charge is 2.26. The molecule has 0 aromatic rings. The SMILES string of the molecule is CCOCC(O)CNC(CC)(CO)CO. The Morgan fingerprint density at radius 3 is 2.27 bits per heavy atom. The summed E-state index contributed by atoms with van der Waals surface area (Å²) in [5, 5.41) is 30.7.